The number of hydrogen-bond acceptors (Lipinski definition) is 3. The molecule has 1 fully saturated rings. The fraction of sp³-hybridized carbons (Fsp3) is 0.500. The summed E-state index contributed by atoms with van der Waals surface area (Å²) >= 11 is 0. The Bertz CT molecular complexity index is 407. The van der Waals surface area contributed by atoms with Gasteiger partial charge in [-0.05, 0) is 24.6 Å². The Kier molecular flexibility index (Phi) is 2.33. The quantitative estimate of drug-likeness (QED) is 0.617. The summed E-state index contributed by atoms with van der Waals surface area (Å²) in [6.45, 7) is 1.89. The molecule has 3 atom stereocenters. The highest BCUT2D eigenvalue weighted by atomic mass is 19.1. The Morgan fingerprint density at radius 1 is 1.38 bits per heavy atom. The number of anilines is 1. The molecule has 2 aliphatic heterocycles. The molecule has 3 rings (SSSR count). The van der Waals surface area contributed by atoms with E-state index in [1.54, 1.807) is 6.07 Å². The molecule has 1 saturated heterocycles. The molecule has 1 aromatic rings. The second kappa shape index (κ2) is 3.71. The zero-order valence-corrected chi connectivity index (χ0v) is 9.04. The second-order valence-electron chi connectivity index (χ2n) is 4.64. The van der Waals surface area contributed by atoms with E-state index in [0.29, 0.717) is 17.6 Å². The second-order valence-corrected chi connectivity index (χ2v) is 4.64. The standard InChI is InChI=1S/C12H16FN3/c13-9-3-1-2-7-11(14)8-6-15-5-4-10(8)16-12(7)9/h1-3,8,10-11,15-16H,4-6,14H2. The van der Waals surface area contributed by atoms with Crippen LogP contribution in [0.4, 0.5) is 10.1 Å². The lowest BCUT2D eigenvalue weighted by Crippen LogP contribution is -2.51. The van der Waals surface area contributed by atoms with Crippen LogP contribution >= 0.6 is 0 Å². The normalized spacial score (nSPS) is 32.5. The molecule has 16 heavy (non-hydrogen) atoms. The topological polar surface area (TPSA) is 50.1 Å². The highest BCUT2D eigenvalue weighted by molar-refractivity contribution is 5.57. The molecule has 1 aromatic carbocycles. The summed E-state index contributed by atoms with van der Waals surface area (Å²) < 4.78 is 13.7. The first-order chi connectivity index (χ1) is 7.77. The van der Waals surface area contributed by atoms with Crippen molar-refractivity contribution in [2.45, 2.75) is 18.5 Å². The summed E-state index contributed by atoms with van der Waals surface area (Å²) in [5, 5.41) is 6.65. The molecule has 2 aliphatic rings. The Balaban J connectivity index is 2.03. The third-order valence-corrected chi connectivity index (χ3v) is 3.72. The van der Waals surface area contributed by atoms with Gasteiger partial charge in [0.2, 0.25) is 0 Å². The van der Waals surface area contributed by atoms with Gasteiger partial charge in [-0.15, -0.1) is 0 Å². The van der Waals surface area contributed by atoms with Gasteiger partial charge in [-0.3, -0.25) is 0 Å². The van der Waals surface area contributed by atoms with E-state index < -0.39 is 0 Å². The van der Waals surface area contributed by atoms with Crippen LogP contribution in [0.2, 0.25) is 0 Å². The Hall–Kier alpha value is -1.13. The third kappa shape index (κ3) is 1.41. The molecular weight excluding hydrogens is 205 g/mol. The third-order valence-electron chi connectivity index (χ3n) is 3.72. The van der Waals surface area contributed by atoms with Gasteiger partial charge in [0, 0.05) is 24.5 Å². The largest absolute Gasteiger partial charge is 0.379 e. The summed E-state index contributed by atoms with van der Waals surface area (Å²) in [7, 11) is 0. The molecule has 3 unspecified atom stereocenters. The van der Waals surface area contributed by atoms with Gasteiger partial charge >= 0.3 is 0 Å². The maximum Gasteiger partial charge on any atom is 0.146 e. The maximum absolute atomic E-state index is 13.7. The molecule has 86 valence electrons. The van der Waals surface area contributed by atoms with Crippen molar-refractivity contribution in [3.05, 3.63) is 29.6 Å². The minimum absolute atomic E-state index is 0.0650. The van der Waals surface area contributed by atoms with Crippen LogP contribution in [0.15, 0.2) is 18.2 Å². The van der Waals surface area contributed by atoms with E-state index in [0.717, 1.165) is 25.1 Å². The van der Waals surface area contributed by atoms with Crippen molar-refractivity contribution in [1.29, 1.82) is 0 Å². The first-order valence-corrected chi connectivity index (χ1v) is 5.78. The lowest BCUT2D eigenvalue weighted by atomic mass is 9.80. The molecule has 4 N–H and O–H groups in total. The van der Waals surface area contributed by atoms with Crippen LogP contribution in [-0.4, -0.2) is 19.1 Å². The van der Waals surface area contributed by atoms with Gasteiger partial charge < -0.3 is 16.4 Å². The Morgan fingerprint density at radius 3 is 3.12 bits per heavy atom. The maximum atomic E-state index is 13.7. The Labute approximate surface area is 94.2 Å². The van der Waals surface area contributed by atoms with E-state index in [-0.39, 0.29) is 11.9 Å². The number of nitrogens with one attached hydrogen (secondary N) is 2. The van der Waals surface area contributed by atoms with Crippen LogP contribution in [0.3, 0.4) is 0 Å². The minimum atomic E-state index is -0.190. The summed E-state index contributed by atoms with van der Waals surface area (Å²) in [4.78, 5) is 0. The van der Waals surface area contributed by atoms with E-state index in [9.17, 15) is 4.39 Å². The average molecular weight is 221 g/mol. The van der Waals surface area contributed by atoms with Crippen molar-refractivity contribution >= 4 is 5.69 Å². The van der Waals surface area contributed by atoms with E-state index in [4.69, 9.17) is 5.73 Å². The van der Waals surface area contributed by atoms with Crippen molar-refractivity contribution in [3.8, 4) is 0 Å². The molecular formula is C12H16FN3. The summed E-state index contributed by atoms with van der Waals surface area (Å²) in [5.74, 6) is 0.174. The van der Waals surface area contributed by atoms with E-state index in [1.165, 1.54) is 6.07 Å². The van der Waals surface area contributed by atoms with Gasteiger partial charge in [-0.1, -0.05) is 12.1 Å². The van der Waals surface area contributed by atoms with Crippen LogP contribution in [0, 0.1) is 11.7 Å². The van der Waals surface area contributed by atoms with Crippen LogP contribution in [0.25, 0.3) is 0 Å². The van der Waals surface area contributed by atoms with E-state index in [1.807, 2.05) is 6.07 Å². The van der Waals surface area contributed by atoms with Gasteiger partial charge in [0.25, 0.3) is 0 Å². The van der Waals surface area contributed by atoms with Gasteiger partial charge in [0.15, 0.2) is 0 Å². The average Bonchev–Trinajstić information content (AvgIpc) is 2.31. The molecule has 0 bridgehead atoms. The van der Waals surface area contributed by atoms with Crippen molar-refractivity contribution in [3.63, 3.8) is 0 Å². The highest BCUT2D eigenvalue weighted by Crippen LogP contribution is 2.38. The minimum Gasteiger partial charge on any atom is -0.379 e. The zero-order valence-electron chi connectivity index (χ0n) is 9.04. The number of hydrogen-bond donors (Lipinski definition) is 3. The summed E-state index contributed by atoms with van der Waals surface area (Å²) in [6, 6.07) is 5.37. The number of benzene rings is 1. The first kappa shape index (κ1) is 10.1. The van der Waals surface area contributed by atoms with E-state index >= 15 is 0 Å². The molecule has 0 radical (unpaired) electrons. The number of nitrogens with two attached hydrogens (primary N) is 1. The number of para-hydroxylation sites is 1. The van der Waals surface area contributed by atoms with Crippen molar-refractivity contribution < 1.29 is 4.39 Å². The predicted molar refractivity (Wildman–Crippen MR) is 61.7 cm³/mol. The smallest absolute Gasteiger partial charge is 0.146 e. The van der Waals surface area contributed by atoms with Gasteiger partial charge in [0.1, 0.15) is 5.82 Å². The van der Waals surface area contributed by atoms with Crippen LogP contribution < -0.4 is 16.4 Å². The lowest BCUT2D eigenvalue weighted by Gasteiger charge is -2.42. The molecule has 3 nitrogen and oxygen atoms in total. The molecule has 0 saturated carbocycles. The molecule has 2 heterocycles. The van der Waals surface area contributed by atoms with Crippen LogP contribution in [0.5, 0.6) is 0 Å². The SMILES string of the molecule is NC1c2cccc(F)c2NC2CCNCC21. The van der Waals surface area contributed by atoms with Crippen LogP contribution in [-0.2, 0) is 0 Å². The molecule has 4 heteroatoms. The lowest BCUT2D eigenvalue weighted by molar-refractivity contribution is 0.286. The summed E-state index contributed by atoms with van der Waals surface area (Å²) in [6.07, 6.45) is 1.01. The summed E-state index contributed by atoms with van der Waals surface area (Å²) in [5.41, 5.74) is 7.74. The van der Waals surface area contributed by atoms with Crippen LogP contribution in [0.1, 0.15) is 18.0 Å². The fourth-order valence-corrected chi connectivity index (χ4v) is 2.83. The first-order valence-electron chi connectivity index (χ1n) is 5.78. The number of fused-ring (bicyclic) bond motifs is 2. The van der Waals surface area contributed by atoms with Crippen molar-refractivity contribution in [2.75, 3.05) is 18.4 Å². The molecule has 0 spiro atoms. The predicted octanol–water partition coefficient (Wildman–Crippen LogP) is 1.23. The van der Waals surface area contributed by atoms with Gasteiger partial charge in [-0.2, -0.15) is 0 Å². The number of halogens is 1. The molecule has 0 aromatic heterocycles. The zero-order chi connectivity index (χ0) is 11.1. The van der Waals surface area contributed by atoms with Crippen molar-refractivity contribution in [1.82, 2.24) is 5.32 Å². The van der Waals surface area contributed by atoms with Crippen molar-refractivity contribution in [2.24, 2.45) is 11.7 Å². The highest BCUT2D eigenvalue weighted by Gasteiger charge is 2.36. The number of piperidine rings is 1. The molecule has 0 amide bonds. The monoisotopic (exact) mass is 221 g/mol. The Morgan fingerprint density at radius 2 is 2.25 bits per heavy atom. The van der Waals surface area contributed by atoms with Gasteiger partial charge in [0.05, 0.1) is 5.69 Å². The number of rotatable bonds is 0. The van der Waals surface area contributed by atoms with E-state index in [2.05, 4.69) is 10.6 Å². The van der Waals surface area contributed by atoms with Gasteiger partial charge in [-0.25, -0.2) is 4.39 Å². The fourth-order valence-electron chi connectivity index (χ4n) is 2.83. The molecule has 0 aliphatic carbocycles.